The molecule has 0 saturated heterocycles. The summed E-state index contributed by atoms with van der Waals surface area (Å²) in [5.41, 5.74) is 3.42. The molecule has 2 rings (SSSR count). The molecule has 0 unspecified atom stereocenters. The van der Waals surface area contributed by atoms with Crippen LogP contribution in [0.3, 0.4) is 0 Å². The highest BCUT2D eigenvalue weighted by Gasteiger charge is 2.06. The van der Waals surface area contributed by atoms with Gasteiger partial charge in [-0.2, -0.15) is 0 Å². The number of halogens is 1. The van der Waals surface area contributed by atoms with E-state index in [1.165, 1.54) is 11.6 Å². The molecular formula is C17H19F. The van der Waals surface area contributed by atoms with Gasteiger partial charge in [-0.05, 0) is 47.6 Å². The van der Waals surface area contributed by atoms with Crippen LogP contribution in [0.25, 0.3) is 11.1 Å². The van der Waals surface area contributed by atoms with E-state index in [4.69, 9.17) is 0 Å². The molecule has 0 fully saturated rings. The molecule has 0 aliphatic rings. The van der Waals surface area contributed by atoms with Crippen molar-refractivity contribution in [2.45, 2.75) is 26.7 Å². The largest absolute Gasteiger partial charge is 0.207 e. The lowest BCUT2D eigenvalue weighted by Crippen LogP contribution is -1.95. The molecule has 0 nitrogen and oxygen atoms in total. The normalized spacial score (nSPS) is 10.9. The zero-order valence-corrected chi connectivity index (χ0v) is 11.0. The summed E-state index contributed by atoms with van der Waals surface area (Å²) >= 11 is 0. The molecule has 0 radical (unpaired) electrons. The van der Waals surface area contributed by atoms with Crippen molar-refractivity contribution < 1.29 is 4.39 Å². The maximum atomic E-state index is 13.3. The minimum absolute atomic E-state index is 0.175. The van der Waals surface area contributed by atoms with Crippen molar-refractivity contribution in [3.05, 3.63) is 59.9 Å². The van der Waals surface area contributed by atoms with Gasteiger partial charge in [0.15, 0.2) is 0 Å². The van der Waals surface area contributed by atoms with Gasteiger partial charge in [0.2, 0.25) is 0 Å². The minimum Gasteiger partial charge on any atom is -0.207 e. The third-order valence-electron chi connectivity index (χ3n) is 3.14. The van der Waals surface area contributed by atoms with Crippen LogP contribution in [0.5, 0.6) is 0 Å². The Morgan fingerprint density at radius 3 is 2.50 bits per heavy atom. The van der Waals surface area contributed by atoms with Crippen molar-refractivity contribution in [1.29, 1.82) is 0 Å². The van der Waals surface area contributed by atoms with E-state index in [9.17, 15) is 4.39 Å². The highest BCUT2D eigenvalue weighted by Crippen LogP contribution is 2.25. The van der Waals surface area contributed by atoms with Gasteiger partial charge in [-0.3, -0.25) is 0 Å². The SMILES string of the molecule is CC(C)CCc1ccccc1-c1cccc(F)c1. The minimum atomic E-state index is -0.175. The third-order valence-corrected chi connectivity index (χ3v) is 3.14. The summed E-state index contributed by atoms with van der Waals surface area (Å²) in [7, 11) is 0. The maximum Gasteiger partial charge on any atom is 0.123 e. The fraction of sp³-hybridized carbons (Fsp3) is 0.294. The molecule has 0 spiro atoms. The summed E-state index contributed by atoms with van der Waals surface area (Å²) in [6.45, 7) is 4.45. The monoisotopic (exact) mass is 242 g/mol. The van der Waals surface area contributed by atoms with Gasteiger partial charge in [-0.1, -0.05) is 50.2 Å². The van der Waals surface area contributed by atoms with Gasteiger partial charge in [0.25, 0.3) is 0 Å². The van der Waals surface area contributed by atoms with Crippen LogP contribution >= 0.6 is 0 Å². The molecule has 94 valence electrons. The molecular weight excluding hydrogens is 223 g/mol. The van der Waals surface area contributed by atoms with Gasteiger partial charge in [-0.25, -0.2) is 4.39 Å². The highest BCUT2D eigenvalue weighted by molar-refractivity contribution is 5.67. The van der Waals surface area contributed by atoms with Gasteiger partial charge in [0, 0.05) is 0 Å². The highest BCUT2D eigenvalue weighted by atomic mass is 19.1. The van der Waals surface area contributed by atoms with Crippen molar-refractivity contribution in [3.63, 3.8) is 0 Å². The fourth-order valence-electron chi connectivity index (χ4n) is 2.12. The average Bonchev–Trinajstić information content (AvgIpc) is 2.36. The molecule has 0 N–H and O–H groups in total. The second-order valence-corrected chi connectivity index (χ2v) is 5.10. The molecule has 0 heterocycles. The maximum absolute atomic E-state index is 13.3. The van der Waals surface area contributed by atoms with E-state index in [1.807, 2.05) is 12.1 Å². The summed E-state index contributed by atoms with van der Waals surface area (Å²) < 4.78 is 13.3. The van der Waals surface area contributed by atoms with Crippen LogP contribution in [-0.2, 0) is 6.42 Å². The van der Waals surface area contributed by atoms with Gasteiger partial charge < -0.3 is 0 Å². The van der Waals surface area contributed by atoms with Crippen LogP contribution in [0, 0.1) is 11.7 Å². The second kappa shape index (κ2) is 5.81. The summed E-state index contributed by atoms with van der Waals surface area (Å²) in [6.07, 6.45) is 2.21. The van der Waals surface area contributed by atoms with Gasteiger partial charge >= 0.3 is 0 Å². The number of hydrogen-bond donors (Lipinski definition) is 0. The van der Waals surface area contributed by atoms with Gasteiger partial charge in [-0.15, -0.1) is 0 Å². The predicted octanol–water partition coefficient (Wildman–Crippen LogP) is 5.08. The molecule has 0 amide bonds. The van der Waals surface area contributed by atoms with Crippen molar-refractivity contribution in [3.8, 4) is 11.1 Å². The van der Waals surface area contributed by atoms with E-state index < -0.39 is 0 Å². The lowest BCUT2D eigenvalue weighted by Gasteiger charge is -2.11. The van der Waals surface area contributed by atoms with Crippen LogP contribution in [0.2, 0.25) is 0 Å². The van der Waals surface area contributed by atoms with Crippen LogP contribution in [0.15, 0.2) is 48.5 Å². The molecule has 0 aliphatic heterocycles. The van der Waals surface area contributed by atoms with Crippen LogP contribution in [0.4, 0.5) is 4.39 Å². The quantitative estimate of drug-likeness (QED) is 0.701. The van der Waals surface area contributed by atoms with Gasteiger partial charge in [0.05, 0.1) is 0 Å². The third kappa shape index (κ3) is 3.19. The Hall–Kier alpha value is -1.63. The molecule has 0 saturated carbocycles. The van der Waals surface area contributed by atoms with E-state index in [2.05, 4.69) is 32.0 Å². The van der Waals surface area contributed by atoms with Crippen molar-refractivity contribution in [2.24, 2.45) is 5.92 Å². The topological polar surface area (TPSA) is 0 Å². The molecule has 0 atom stereocenters. The number of benzene rings is 2. The smallest absolute Gasteiger partial charge is 0.123 e. The van der Waals surface area contributed by atoms with E-state index in [-0.39, 0.29) is 5.82 Å². The van der Waals surface area contributed by atoms with E-state index in [1.54, 1.807) is 12.1 Å². The Kier molecular flexibility index (Phi) is 4.14. The first-order valence-electron chi connectivity index (χ1n) is 6.50. The average molecular weight is 242 g/mol. The summed E-state index contributed by atoms with van der Waals surface area (Å²) in [4.78, 5) is 0. The predicted molar refractivity (Wildman–Crippen MR) is 75.0 cm³/mol. The Morgan fingerprint density at radius 1 is 1.00 bits per heavy atom. The number of hydrogen-bond acceptors (Lipinski definition) is 0. The number of rotatable bonds is 4. The first kappa shape index (κ1) is 12.8. The first-order chi connectivity index (χ1) is 8.66. The Bertz CT molecular complexity index is 515. The summed E-state index contributed by atoms with van der Waals surface area (Å²) in [5, 5.41) is 0. The fourth-order valence-corrected chi connectivity index (χ4v) is 2.12. The van der Waals surface area contributed by atoms with Crippen molar-refractivity contribution in [1.82, 2.24) is 0 Å². The van der Waals surface area contributed by atoms with E-state index >= 15 is 0 Å². The molecule has 0 aliphatic carbocycles. The molecule has 1 heteroatoms. The molecule has 2 aromatic rings. The molecule has 0 aromatic heterocycles. The first-order valence-corrected chi connectivity index (χ1v) is 6.50. The molecule has 18 heavy (non-hydrogen) atoms. The standard InChI is InChI=1S/C17H19F/c1-13(2)10-11-14-6-3-4-9-17(14)15-7-5-8-16(18)12-15/h3-9,12-13H,10-11H2,1-2H3. The molecule has 0 bridgehead atoms. The van der Waals surface area contributed by atoms with Crippen molar-refractivity contribution >= 4 is 0 Å². The van der Waals surface area contributed by atoms with E-state index in [0.29, 0.717) is 5.92 Å². The number of aryl methyl sites for hydroxylation is 1. The van der Waals surface area contributed by atoms with Crippen LogP contribution in [0.1, 0.15) is 25.8 Å². The lowest BCUT2D eigenvalue weighted by molar-refractivity contribution is 0.587. The zero-order chi connectivity index (χ0) is 13.0. The zero-order valence-electron chi connectivity index (χ0n) is 11.0. The van der Waals surface area contributed by atoms with Crippen LogP contribution in [-0.4, -0.2) is 0 Å². The second-order valence-electron chi connectivity index (χ2n) is 5.10. The van der Waals surface area contributed by atoms with Crippen LogP contribution < -0.4 is 0 Å². The Labute approximate surface area is 108 Å². The van der Waals surface area contributed by atoms with Gasteiger partial charge in [0.1, 0.15) is 5.82 Å². The summed E-state index contributed by atoms with van der Waals surface area (Å²) in [6, 6.07) is 15.1. The van der Waals surface area contributed by atoms with Crippen molar-refractivity contribution in [2.75, 3.05) is 0 Å². The lowest BCUT2D eigenvalue weighted by atomic mass is 9.94. The Morgan fingerprint density at radius 2 is 1.78 bits per heavy atom. The Balaban J connectivity index is 2.32. The molecule has 2 aromatic carbocycles. The summed E-state index contributed by atoms with van der Waals surface area (Å²) in [5.74, 6) is 0.511. The van der Waals surface area contributed by atoms with E-state index in [0.717, 1.165) is 24.0 Å².